The van der Waals surface area contributed by atoms with Crippen LogP contribution in [0.4, 0.5) is 0 Å². The summed E-state index contributed by atoms with van der Waals surface area (Å²) in [5.41, 5.74) is 7.61. The summed E-state index contributed by atoms with van der Waals surface area (Å²) in [6, 6.07) is 15.7. The second-order valence-electron chi connectivity index (χ2n) is 7.68. The Bertz CT molecular complexity index is 1300. The molecule has 0 aromatic heterocycles. The Labute approximate surface area is 170 Å². The van der Waals surface area contributed by atoms with Gasteiger partial charge in [-0.3, -0.25) is 0 Å². The fourth-order valence-corrected chi connectivity index (χ4v) is 4.11. The fourth-order valence-electron chi connectivity index (χ4n) is 4.11. The number of methoxy groups -OCH3 is 1. The van der Waals surface area contributed by atoms with Crippen molar-refractivity contribution < 1.29 is 14.6 Å². The molecule has 0 amide bonds. The Kier molecular flexibility index (Phi) is 4.54. The van der Waals surface area contributed by atoms with Crippen LogP contribution >= 0.6 is 0 Å². The number of aromatic carboxylic acids is 1. The maximum Gasteiger partial charge on any atom is 0.335 e. The average molecular weight is 384 g/mol. The first kappa shape index (κ1) is 19.0. The van der Waals surface area contributed by atoms with Crippen LogP contribution in [-0.2, 0) is 0 Å². The number of carboxylic acid groups (broad SMARTS) is 1. The summed E-state index contributed by atoms with van der Waals surface area (Å²) in [6.45, 7) is 8.69. The molecular formula is C26H24O3. The second-order valence-corrected chi connectivity index (χ2v) is 7.68. The molecule has 0 bridgehead atoms. The van der Waals surface area contributed by atoms with Gasteiger partial charge in [0.25, 0.3) is 0 Å². The summed E-state index contributed by atoms with van der Waals surface area (Å²) in [6.07, 6.45) is 0. The monoisotopic (exact) mass is 384 g/mol. The molecule has 0 aliphatic rings. The van der Waals surface area contributed by atoms with Gasteiger partial charge in [-0.25, -0.2) is 4.79 Å². The van der Waals surface area contributed by atoms with E-state index >= 15 is 0 Å². The summed E-state index contributed by atoms with van der Waals surface area (Å²) in [5.74, 6) is -0.0755. The zero-order valence-electron chi connectivity index (χ0n) is 17.4. The number of hydrogen-bond donors (Lipinski definition) is 1. The van der Waals surface area contributed by atoms with Crippen LogP contribution in [0, 0.1) is 27.7 Å². The third-order valence-corrected chi connectivity index (χ3v) is 6.23. The number of aryl methyl sites for hydroxylation is 2. The molecule has 4 aromatic carbocycles. The first-order valence-corrected chi connectivity index (χ1v) is 9.67. The highest BCUT2D eigenvalue weighted by Crippen LogP contribution is 2.39. The van der Waals surface area contributed by atoms with Crippen molar-refractivity contribution in [2.45, 2.75) is 27.7 Å². The Morgan fingerprint density at radius 2 is 1.34 bits per heavy atom. The van der Waals surface area contributed by atoms with E-state index in [0.717, 1.165) is 27.6 Å². The molecule has 1 N–H and O–H groups in total. The van der Waals surface area contributed by atoms with Gasteiger partial charge < -0.3 is 9.84 Å². The van der Waals surface area contributed by atoms with Crippen LogP contribution in [0.1, 0.15) is 32.6 Å². The summed E-state index contributed by atoms with van der Waals surface area (Å²) in [4.78, 5) is 11.2. The molecule has 0 atom stereocenters. The molecule has 0 fully saturated rings. The topological polar surface area (TPSA) is 46.5 Å². The zero-order chi connectivity index (χ0) is 20.9. The second kappa shape index (κ2) is 6.93. The van der Waals surface area contributed by atoms with Crippen LogP contribution in [-0.4, -0.2) is 18.2 Å². The van der Waals surface area contributed by atoms with Crippen LogP contribution in [0.15, 0.2) is 48.5 Å². The minimum absolute atomic E-state index is 0.297. The predicted octanol–water partition coefficient (Wildman–Crippen LogP) is 6.60. The van der Waals surface area contributed by atoms with E-state index in [1.807, 2.05) is 18.2 Å². The summed E-state index contributed by atoms with van der Waals surface area (Å²) >= 11 is 0. The molecule has 0 saturated carbocycles. The van der Waals surface area contributed by atoms with Crippen molar-refractivity contribution in [2.24, 2.45) is 0 Å². The van der Waals surface area contributed by atoms with E-state index < -0.39 is 5.97 Å². The Hall–Kier alpha value is -3.33. The van der Waals surface area contributed by atoms with E-state index in [1.165, 1.54) is 33.0 Å². The van der Waals surface area contributed by atoms with Gasteiger partial charge in [-0.2, -0.15) is 0 Å². The molecular weight excluding hydrogens is 360 g/mol. The van der Waals surface area contributed by atoms with Crippen molar-refractivity contribution in [1.82, 2.24) is 0 Å². The normalized spacial score (nSPS) is 11.2. The van der Waals surface area contributed by atoms with Crippen molar-refractivity contribution in [1.29, 1.82) is 0 Å². The van der Waals surface area contributed by atoms with E-state index in [9.17, 15) is 9.90 Å². The molecule has 3 heteroatoms. The van der Waals surface area contributed by atoms with Gasteiger partial charge in [-0.05, 0) is 107 Å². The predicted molar refractivity (Wildman–Crippen MR) is 119 cm³/mol. The lowest BCUT2D eigenvalue weighted by Crippen LogP contribution is -1.97. The molecule has 0 heterocycles. The molecule has 3 nitrogen and oxygen atoms in total. The lowest BCUT2D eigenvalue weighted by molar-refractivity contribution is 0.0697. The molecule has 0 saturated heterocycles. The van der Waals surface area contributed by atoms with Crippen LogP contribution in [0.5, 0.6) is 5.75 Å². The van der Waals surface area contributed by atoms with Gasteiger partial charge in [-0.15, -0.1) is 0 Å². The zero-order valence-corrected chi connectivity index (χ0v) is 17.4. The van der Waals surface area contributed by atoms with Crippen molar-refractivity contribution in [3.05, 3.63) is 76.3 Å². The third-order valence-electron chi connectivity index (χ3n) is 6.23. The number of benzene rings is 4. The highest BCUT2D eigenvalue weighted by molar-refractivity contribution is 5.99. The first-order chi connectivity index (χ1) is 13.8. The minimum Gasteiger partial charge on any atom is -0.496 e. The third kappa shape index (κ3) is 3.03. The Balaban J connectivity index is 1.97. The molecule has 0 aliphatic carbocycles. The minimum atomic E-state index is -0.913. The number of hydrogen-bond acceptors (Lipinski definition) is 2. The first-order valence-electron chi connectivity index (χ1n) is 9.67. The van der Waals surface area contributed by atoms with Crippen molar-refractivity contribution in [3.8, 4) is 16.9 Å². The molecule has 4 aromatic rings. The molecule has 0 radical (unpaired) electrons. The quantitative estimate of drug-likeness (QED) is 0.433. The maximum absolute atomic E-state index is 11.2. The Morgan fingerprint density at radius 3 is 1.97 bits per heavy atom. The van der Waals surface area contributed by atoms with Gasteiger partial charge in [0.1, 0.15) is 5.75 Å². The summed E-state index contributed by atoms with van der Waals surface area (Å²) in [7, 11) is 1.70. The molecule has 29 heavy (non-hydrogen) atoms. The largest absolute Gasteiger partial charge is 0.496 e. The van der Waals surface area contributed by atoms with Crippen LogP contribution in [0.3, 0.4) is 0 Å². The van der Waals surface area contributed by atoms with Crippen molar-refractivity contribution in [2.75, 3.05) is 7.11 Å². The van der Waals surface area contributed by atoms with Gasteiger partial charge in [0.2, 0.25) is 0 Å². The number of carboxylic acids is 1. The maximum atomic E-state index is 11.2. The molecule has 0 spiro atoms. The molecule has 0 aliphatic heterocycles. The van der Waals surface area contributed by atoms with Gasteiger partial charge in [0.05, 0.1) is 12.7 Å². The number of carbonyl (C=O) groups is 1. The fraction of sp³-hybridized carbons (Fsp3) is 0.192. The standard InChI is InChI=1S/C26H24O3/c1-14-15(2)17(4)23-13-25(29-5)24(12-22(23)16(14)3)20-8-6-19-11-21(26(27)28)9-7-18(19)10-20/h6-13H,1-5H3,(H,27,28). The molecule has 4 rings (SSSR count). The Morgan fingerprint density at radius 1 is 0.759 bits per heavy atom. The van der Waals surface area contributed by atoms with Gasteiger partial charge >= 0.3 is 5.97 Å². The SMILES string of the molecule is COc1cc2c(C)c(C)c(C)c(C)c2cc1-c1ccc2cc(C(=O)O)ccc2c1. The number of rotatable bonds is 3. The molecule has 146 valence electrons. The van der Waals surface area contributed by atoms with Crippen LogP contribution in [0.25, 0.3) is 32.7 Å². The number of ether oxygens (including phenoxy) is 1. The van der Waals surface area contributed by atoms with E-state index in [0.29, 0.717) is 5.56 Å². The smallest absolute Gasteiger partial charge is 0.335 e. The lowest BCUT2D eigenvalue weighted by atomic mass is 9.89. The van der Waals surface area contributed by atoms with E-state index in [1.54, 1.807) is 19.2 Å². The molecule has 0 unspecified atom stereocenters. The summed E-state index contributed by atoms with van der Waals surface area (Å²) < 4.78 is 5.76. The van der Waals surface area contributed by atoms with Crippen LogP contribution < -0.4 is 4.74 Å². The van der Waals surface area contributed by atoms with E-state index in [4.69, 9.17) is 4.74 Å². The van der Waals surface area contributed by atoms with Gasteiger partial charge in [-0.1, -0.05) is 18.2 Å². The van der Waals surface area contributed by atoms with Crippen molar-refractivity contribution in [3.63, 3.8) is 0 Å². The highest BCUT2D eigenvalue weighted by Gasteiger charge is 2.15. The summed E-state index contributed by atoms with van der Waals surface area (Å²) in [5, 5.41) is 13.6. The van der Waals surface area contributed by atoms with Crippen LogP contribution in [0.2, 0.25) is 0 Å². The van der Waals surface area contributed by atoms with E-state index in [2.05, 4.69) is 45.9 Å². The average Bonchev–Trinajstić information content (AvgIpc) is 2.74. The number of fused-ring (bicyclic) bond motifs is 2. The van der Waals surface area contributed by atoms with Crippen molar-refractivity contribution >= 4 is 27.5 Å². The van der Waals surface area contributed by atoms with Gasteiger partial charge in [0.15, 0.2) is 0 Å². The van der Waals surface area contributed by atoms with Gasteiger partial charge in [0, 0.05) is 5.56 Å². The highest BCUT2D eigenvalue weighted by atomic mass is 16.5. The lowest BCUT2D eigenvalue weighted by Gasteiger charge is -2.18. The van der Waals surface area contributed by atoms with E-state index in [-0.39, 0.29) is 0 Å².